The van der Waals surface area contributed by atoms with E-state index in [2.05, 4.69) is 6.92 Å². The molecule has 4 heteroatoms. The van der Waals surface area contributed by atoms with Gasteiger partial charge in [0, 0.05) is 0 Å². The Balaban J connectivity index is 0.000000134. The van der Waals surface area contributed by atoms with Crippen molar-refractivity contribution in [2.24, 2.45) is 0 Å². The fourth-order valence-electron chi connectivity index (χ4n) is 1.39. The van der Waals surface area contributed by atoms with Crippen molar-refractivity contribution in [2.75, 3.05) is 26.4 Å². The van der Waals surface area contributed by atoms with E-state index in [4.69, 9.17) is 19.3 Å². The summed E-state index contributed by atoms with van der Waals surface area (Å²) < 4.78 is 15.1. The van der Waals surface area contributed by atoms with Gasteiger partial charge in [-0.2, -0.15) is 0 Å². The SMILES string of the molecule is C(OCC1CO1)C1CO1.CCc1ccc(O)cc1. The highest BCUT2D eigenvalue weighted by Gasteiger charge is 2.26. The summed E-state index contributed by atoms with van der Waals surface area (Å²) in [6.45, 7) is 5.35. The average molecular weight is 252 g/mol. The number of hydrogen-bond acceptors (Lipinski definition) is 4. The van der Waals surface area contributed by atoms with E-state index in [0.717, 1.165) is 32.8 Å². The zero-order valence-corrected chi connectivity index (χ0v) is 10.7. The van der Waals surface area contributed by atoms with Crippen LogP contribution in [-0.2, 0) is 20.6 Å². The molecule has 2 saturated heterocycles. The monoisotopic (exact) mass is 252 g/mol. The zero-order chi connectivity index (χ0) is 12.8. The lowest BCUT2D eigenvalue weighted by Gasteiger charge is -1.95. The molecule has 2 fully saturated rings. The normalized spacial score (nSPS) is 24.1. The van der Waals surface area contributed by atoms with Crippen molar-refractivity contribution in [3.05, 3.63) is 29.8 Å². The summed E-state index contributed by atoms with van der Waals surface area (Å²) in [5.41, 5.74) is 1.26. The van der Waals surface area contributed by atoms with Crippen molar-refractivity contribution >= 4 is 0 Å². The van der Waals surface area contributed by atoms with Crippen molar-refractivity contribution in [1.82, 2.24) is 0 Å². The van der Waals surface area contributed by atoms with E-state index < -0.39 is 0 Å². The highest BCUT2D eigenvalue weighted by Crippen LogP contribution is 2.12. The second-order valence-electron chi connectivity index (χ2n) is 4.47. The van der Waals surface area contributed by atoms with Gasteiger partial charge in [0.2, 0.25) is 0 Å². The van der Waals surface area contributed by atoms with Gasteiger partial charge in [-0.3, -0.25) is 0 Å². The molecule has 0 radical (unpaired) electrons. The molecule has 0 amide bonds. The van der Waals surface area contributed by atoms with E-state index in [9.17, 15) is 0 Å². The van der Waals surface area contributed by atoms with E-state index >= 15 is 0 Å². The number of phenolic OH excluding ortho intramolecular Hbond substituents is 1. The van der Waals surface area contributed by atoms with Crippen LogP contribution >= 0.6 is 0 Å². The van der Waals surface area contributed by atoms with Crippen molar-refractivity contribution in [2.45, 2.75) is 25.6 Å². The maximum atomic E-state index is 8.85. The van der Waals surface area contributed by atoms with Crippen LogP contribution < -0.4 is 0 Å². The molecule has 0 bridgehead atoms. The highest BCUT2D eigenvalue weighted by atomic mass is 16.6. The Hall–Kier alpha value is -1.10. The molecule has 2 heterocycles. The van der Waals surface area contributed by atoms with Crippen LogP contribution in [0, 0.1) is 0 Å². The molecular weight excluding hydrogens is 232 g/mol. The van der Waals surface area contributed by atoms with Crippen LogP contribution in [0.2, 0.25) is 0 Å². The minimum absolute atomic E-state index is 0.340. The van der Waals surface area contributed by atoms with Gasteiger partial charge in [0.25, 0.3) is 0 Å². The molecule has 0 aliphatic carbocycles. The highest BCUT2D eigenvalue weighted by molar-refractivity contribution is 5.25. The van der Waals surface area contributed by atoms with Gasteiger partial charge in [-0.05, 0) is 24.1 Å². The first-order valence-corrected chi connectivity index (χ1v) is 6.36. The average Bonchev–Trinajstić information content (AvgIpc) is 3.26. The first kappa shape index (κ1) is 13.3. The minimum atomic E-state index is 0.340. The Bertz CT molecular complexity index is 329. The fraction of sp³-hybridized carbons (Fsp3) is 0.571. The maximum absolute atomic E-state index is 8.85. The molecule has 0 saturated carbocycles. The molecule has 2 atom stereocenters. The van der Waals surface area contributed by atoms with Gasteiger partial charge in [-0.15, -0.1) is 0 Å². The fourth-order valence-corrected chi connectivity index (χ4v) is 1.39. The number of aryl methyl sites for hydroxylation is 1. The van der Waals surface area contributed by atoms with Gasteiger partial charge in [0.1, 0.15) is 18.0 Å². The molecule has 0 aromatic heterocycles. The summed E-state index contributed by atoms with van der Waals surface area (Å²) in [6.07, 6.45) is 1.81. The van der Waals surface area contributed by atoms with Crippen LogP contribution in [0.15, 0.2) is 24.3 Å². The van der Waals surface area contributed by atoms with Gasteiger partial charge in [-0.25, -0.2) is 0 Å². The summed E-state index contributed by atoms with van der Waals surface area (Å²) in [6, 6.07) is 7.27. The summed E-state index contributed by atoms with van der Waals surface area (Å²) in [5, 5.41) is 8.85. The molecule has 1 aromatic rings. The van der Waals surface area contributed by atoms with Crippen LogP contribution in [0.3, 0.4) is 0 Å². The standard InChI is InChI=1S/C8H10O.C6H10O3/c1-2-7-3-5-8(9)6-4-7;1(5-3-8-5)7-2-6-4-9-6/h3-6,9H,2H2,1H3;5-6H,1-4H2. The van der Waals surface area contributed by atoms with Crippen molar-refractivity contribution < 1.29 is 19.3 Å². The predicted molar refractivity (Wildman–Crippen MR) is 67.8 cm³/mol. The second kappa shape index (κ2) is 6.73. The first-order valence-electron chi connectivity index (χ1n) is 6.36. The number of benzene rings is 1. The van der Waals surface area contributed by atoms with Crippen LogP contribution in [-0.4, -0.2) is 43.7 Å². The molecule has 2 aliphatic rings. The number of epoxide rings is 2. The van der Waals surface area contributed by atoms with Crippen LogP contribution in [0.5, 0.6) is 5.75 Å². The molecule has 2 unspecified atom stereocenters. The number of phenols is 1. The van der Waals surface area contributed by atoms with Crippen molar-refractivity contribution in [3.63, 3.8) is 0 Å². The zero-order valence-electron chi connectivity index (χ0n) is 10.7. The number of rotatable bonds is 5. The van der Waals surface area contributed by atoms with E-state index in [1.807, 2.05) is 12.1 Å². The Kier molecular flexibility index (Phi) is 4.99. The third-order valence-corrected chi connectivity index (χ3v) is 2.76. The lowest BCUT2D eigenvalue weighted by molar-refractivity contribution is 0.102. The van der Waals surface area contributed by atoms with E-state index in [0.29, 0.717) is 18.0 Å². The van der Waals surface area contributed by atoms with Crippen LogP contribution in [0.25, 0.3) is 0 Å². The van der Waals surface area contributed by atoms with E-state index in [1.54, 1.807) is 12.1 Å². The third-order valence-electron chi connectivity index (χ3n) is 2.76. The van der Waals surface area contributed by atoms with Crippen molar-refractivity contribution in [1.29, 1.82) is 0 Å². The molecular formula is C14H20O4. The molecule has 100 valence electrons. The number of hydrogen-bond donors (Lipinski definition) is 1. The number of ether oxygens (including phenoxy) is 3. The second-order valence-corrected chi connectivity index (χ2v) is 4.47. The Morgan fingerprint density at radius 1 is 1.11 bits per heavy atom. The van der Waals surface area contributed by atoms with Gasteiger partial charge in [0.15, 0.2) is 0 Å². The molecule has 0 spiro atoms. The van der Waals surface area contributed by atoms with E-state index in [1.165, 1.54) is 5.56 Å². The van der Waals surface area contributed by atoms with Crippen LogP contribution in [0.4, 0.5) is 0 Å². The molecule has 1 N–H and O–H groups in total. The summed E-state index contributed by atoms with van der Waals surface area (Å²) in [5.74, 6) is 0.340. The van der Waals surface area contributed by atoms with Gasteiger partial charge < -0.3 is 19.3 Å². The molecule has 18 heavy (non-hydrogen) atoms. The summed E-state index contributed by atoms with van der Waals surface area (Å²) >= 11 is 0. The van der Waals surface area contributed by atoms with Gasteiger partial charge in [0.05, 0.1) is 26.4 Å². The Labute approximate surface area is 107 Å². The molecule has 3 rings (SSSR count). The van der Waals surface area contributed by atoms with Crippen molar-refractivity contribution in [3.8, 4) is 5.75 Å². The van der Waals surface area contributed by atoms with E-state index in [-0.39, 0.29) is 0 Å². The smallest absolute Gasteiger partial charge is 0.115 e. The summed E-state index contributed by atoms with van der Waals surface area (Å²) in [7, 11) is 0. The largest absolute Gasteiger partial charge is 0.508 e. The maximum Gasteiger partial charge on any atom is 0.115 e. The van der Waals surface area contributed by atoms with Crippen LogP contribution in [0.1, 0.15) is 12.5 Å². The first-order chi connectivity index (χ1) is 8.78. The quantitative estimate of drug-likeness (QED) is 0.811. The lowest BCUT2D eigenvalue weighted by Crippen LogP contribution is -2.06. The lowest BCUT2D eigenvalue weighted by atomic mass is 10.2. The third kappa shape index (κ3) is 5.49. The topological polar surface area (TPSA) is 54.5 Å². The molecule has 1 aromatic carbocycles. The predicted octanol–water partition coefficient (Wildman–Crippen LogP) is 1.76. The Morgan fingerprint density at radius 2 is 1.61 bits per heavy atom. The Morgan fingerprint density at radius 3 is 2.00 bits per heavy atom. The molecule has 4 nitrogen and oxygen atoms in total. The summed E-state index contributed by atoms with van der Waals surface area (Å²) in [4.78, 5) is 0. The molecule has 2 aliphatic heterocycles. The van der Waals surface area contributed by atoms with Gasteiger partial charge in [-0.1, -0.05) is 19.1 Å². The van der Waals surface area contributed by atoms with Gasteiger partial charge >= 0.3 is 0 Å². The minimum Gasteiger partial charge on any atom is -0.508 e. The number of aromatic hydroxyl groups is 1.